The topological polar surface area (TPSA) is 36.4 Å². The number of hydrogen-bond acceptors (Lipinski definition) is 4. The van der Waals surface area contributed by atoms with Crippen LogP contribution in [0.3, 0.4) is 0 Å². The van der Waals surface area contributed by atoms with E-state index < -0.39 is 6.10 Å². The first-order chi connectivity index (χ1) is 7.58. The van der Waals surface area contributed by atoms with Crippen LogP contribution in [-0.2, 0) is 0 Å². The molecule has 1 N–H and O–H groups in total. The molecule has 90 valence electrons. The summed E-state index contributed by atoms with van der Waals surface area (Å²) in [7, 11) is 0. The highest BCUT2D eigenvalue weighted by Crippen LogP contribution is 2.34. The average molecular weight is 240 g/mol. The van der Waals surface area contributed by atoms with E-state index in [-0.39, 0.29) is 0 Å². The maximum atomic E-state index is 9.50. The van der Waals surface area contributed by atoms with Gasteiger partial charge in [-0.3, -0.25) is 0 Å². The van der Waals surface area contributed by atoms with Gasteiger partial charge in [0.1, 0.15) is 0 Å². The first-order valence-corrected chi connectivity index (χ1v) is 6.80. The lowest BCUT2D eigenvalue weighted by molar-refractivity contribution is 0.203. The number of rotatable bonds is 5. The van der Waals surface area contributed by atoms with Gasteiger partial charge in [0, 0.05) is 18.8 Å². The first-order valence-electron chi connectivity index (χ1n) is 5.98. The number of thiazole rings is 1. The molecule has 0 bridgehead atoms. The Bertz CT molecular complexity index is 345. The third-order valence-electron chi connectivity index (χ3n) is 2.94. The maximum Gasteiger partial charge on any atom is 0.185 e. The fourth-order valence-corrected chi connectivity index (χ4v) is 2.69. The lowest BCUT2D eigenvalue weighted by Gasteiger charge is -2.26. The highest BCUT2D eigenvalue weighted by molar-refractivity contribution is 7.15. The van der Waals surface area contributed by atoms with Crippen LogP contribution in [0.25, 0.3) is 0 Å². The predicted molar refractivity (Wildman–Crippen MR) is 68.0 cm³/mol. The molecule has 1 aliphatic rings. The molecule has 1 fully saturated rings. The monoisotopic (exact) mass is 240 g/mol. The van der Waals surface area contributed by atoms with E-state index in [1.54, 1.807) is 24.5 Å². The van der Waals surface area contributed by atoms with Gasteiger partial charge in [-0.1, -0.05) is 11.3 Å². The molecule has 0 saturated heterocycles. The van der Waals surface area contributed by atoms with Crippen LogP contribution in [0.2, 0.25) is 0 Å². The molecule has 16 heavy (non-hydrogen) atoms. The minimum Gasteiger partial charge on any atom is -0.388 e. The summed E-state index contributed by atoms with van der Waals surface area (Å²) >= 11 is 1.61. The first kappa shape index (κ1) is 11.9. The lowest BCUT2D eigenvalue weighted by atomic mass is 10.3. The van der Waals surface area contributed by atoms with Gasteiger partial charge in [-0.2, -0.15) is 0 Å². The van der Waals surface area contributed by atoms with Gasteiger partial charge < -0.3 is 10.0 Å². The second-order valence-electron chi connectivity index (χ2n) is 4.91. The lowest BCUT2D eigenvalue weighted by Crippen LogP contribution is -2.32. The van der Waals surface area contributed by atoms with Crippen LogP contribution in [0.4, 0.5) is 5.13 Å². The Kier molecular flexibility index (Phi) is 3.50. The number of aliphatic hydroxyl groups excluding tert-OH is 1. The molecule has 0 amide bonds. The van der Waals surface area contributed by atoms with Crippen LogP contribution < -0.4 is 4.90 Å². The second-order valence-corrected chi connectivity index (χ2v) is 5.95. The van der Waals surface area contributed by atoms with Gasteiger partial charge in [0.2, 0.25) is 0 Å². The SMILES string of the molecule is CC(O)c1cnc(N(CC2CC2)C(C)C)s1. The van der Waals surface area contributed by atoms with Gasteiger partial charge in [-0.15, -0.1) is 0 Å². The molecule has 1 saturated carbocycles. The van der Waals surface area contributed by atoms with E-state index in [1.807, 2.05) is 0 Å². The smallest absolute Gasteiger partial charge is 0.185 e. The zero-order chi connectivity index (χ0) is 11.7. The quantitative estimate of drug-likeness (QED) is 0.859. The van der Waals surface area contributed by atoms with Crippen LogP contribution in [0.5, 0.6) is 0 Å². The zero-order valence-corrected chi connectivity index (χ0v) is 11.0. The number of aromatic nitrogens is 1. The van der Waals surface area contributed by atoms with E-state index in [0.29, 0.717) is 6.04 Å². The minimum absolute atomic E-state index is 0.402. The van der Waals surface area contributed by atoms with Crippen molar-refractivity contribution in [3.8, 4) is 0 Å². The average Bonchev–Trinajstić information content (AvgIpc) is 2.89. The Labute approximate surface area is 101 Å². The zero-order valence-electron chi connectivity index (χ0n) is 10.2. The summed E-state index contributed by atoms with van der Waals surface area (Å²) in [6.07, 6.45) is 4.11. The minimum atomic E-state index is -0.402. The molecule has 3 nitrogen and oxygen atoms in total. The fourth-order valence-electron chi connectivity index (χ4n) is 1.69. The normalized spacial score (nSPS) is 17.8. The third-order valence-corrected chi connectivity index (χ3v) is 4.15. The molecule has 1 unspecified atom stereocenters. The number of nitrogens with zero attached hydrogens (tertiary/aromatic N) is 2. The standard InChI is InChI=1S/C12H20N2OS/c1-8(2)14(7-10-4-5-10)12-13-6-11(16-12)9(3)15/h6,8-10,15H,4-5,7H2,1-3H3. The second kappa shape index (κ2) is 4.72. The van der Waals surface area contributed by atoms with E-state index >= 15 is 0 Å². The number of hydrogen-bond donors (Lipinski definition) is 1. The van der Waals surface area contributed by atoms with Gasteiger partial charge in [0.15, 0.2) is 5.13 Å². The molecule has 0 radical (unpaired) electrons. The van der Waals surface area contributed by atoms with Gasteiger partial charge >= 0.3 is 0 Å². The van der Waals surface area contributed by atoms with Gasteiger partial charge in [-0.05, 0) is 39.5 Å². The van der Waals surface area contributed by atoms with E-state index in [0.717, 1.165) is 22.5 Å². The summed E-state index contributed by atoms with van der Waals surface area (Å²) in [5.74, 6) is 0.862. The van der Waals surface area contributed by atoms with Gasteiger partial charge in [0.05, 0.1) is 11.0 Å². The Morgan fingerprint density at radius 1 is 1.50 bits per heavy atom. The molecule has 0 aromatic carbocycles. The third kappa shape index (κ3) is 2.74. The molecular weight excluding hydrogens is 220 g/mol. The summed E-state index contributed by atoms with van der Waals surface area (Å²) in [6, 6.07) is 0.480. The Morgan fingerprint density at radius 2 is 2.19 bits per heavy atom. The molecule has 0 spiro atoms. The molecule has 2 rings (SSSR count). The highest BCUT2D eigenvalue weighted by Gasteiger charge is 2.27. The van der Waals surface area contributed by atoms with E-state index in [4.69, 9.17) is 0 Å². The van der Waals surface area contributed by atoms with Crippen molar-refractivity contribution >= 4 is 16.5 Å². The largest absolute Gasteiger partial charge is 0.388 e. The van der Waals surface area contributed by atoms with E-state index in [1.165, 1.54) is 12.8 Å². The van der Waals surface area contributed by atoms with Crippen LogP contribution in [-0.4, -0.2) is 22.7 Å². The molecule has 1 aliphatic carbocycles. The highest BCUT2D eigenvalue weighted by atomic mass is 32.1. The van der Waals surface area contributed by atoms with Crippen molar-refractivity contribution in [1.29, 1.82) is 0 Å². The Hall–Kier alpha value is -0.610. The molecule has 1 atom stereocenters. The van der Waals surface area contributed by atoms with Crippen molar-refractivity contribution in [2.75, 3.05) is 11.4 Å². The van der Waals surface area contributed by atoms with Crippen molar-refractivity contribution in [3.63, 3.8) is 0 Å². The van der Waals surface area contributed by atoms with Crippen LogP contribution >= 0.6 is 11.3 Å². The Balaban J connectivity index is 2.10. The van der Waals surface area contributed by atoms with Crippen LogP contribution in [0, 0.1) is 5.92 Å². The van der Waals surface area contributed by atoms with Gasteiger partial charge in [-0.25, -0.2) is 4.98 Å². The van der Waals surface area contributed by atoms with E-state index in [2.05, 4.69) is 23.7 Å². The number of anilines is 1. The number of aliphatic hydroxyl groups is 1. The van der Waals surface area contributed by atoms with Gasteiger partial charge in [0.25, 0.3) is 0 Å². The summed E-state index contributed by atoms with van der Waals surface area (Å²) < 4.78 is 0. The molecule has 1 aromatic rings. The van der Waals surface area contributed by atoms with Crippen molar-refractivity contribution in [1.82, 2.24) is 4.98 Å². The maximum absolute atomic E-state index is 9.50. The predicted octanol–water partition coefficient (Wildman–Crippen LogP) is 2.82. The molecule has 1 aromatic heterocycles. The molecule has 0 aliphatic heterocycles. The molecule has 1 heterocycles. The van der Waals surface area contributed by atoms with Crippen LogP contribution in [0.1, 0.15) is 44.6 Å². The molecule has 4 heteroatoms. The molecular formula is C12H20N2OS. The van der Waals surface area contributed by atoms with Crippen molar-refractivity contribution in [2.24, 2.45) is 5.92 Å². The van der Waals surface area contributed by atoms with E-state index in [9.17, 15) is 5.11 Å². The summed E-state index contributed by atoms with van der Waals surface area (Å²) in [5, 5.41) is 10.6. The van der Waals surface area contributed by atoms with Crippen molar-refractivity contribution in [3.05, 3.63) is 11.1 Å². The summed E-state index contributed by atoms with van der Waals surface area (Å²) in [5.41, 5.74) is 0. The van der Waals surface area contributed by atoms with Crippen molar-refractivity contribution < 1.29 is 5.11 Å². The van der Waals surface area contributed by atoms with Crippen molar-refractivity contribution in [2.45, 2.75) is 45.8 Å². The summed E-state index contributed by atoms with van der Waals surface area (Å²) in [6.45, 7) is 7.31. The van der Waals surface area contributed by atoms with Crippen LogP contribution in [0.15, 0.2) is 6.20 Å². The Morgan fingerprint density at radius 3 is 2.62 bits per heavy atom. The fraction of sp³-hybridized carbons (Fsp3) is 0.750. The summed E-state index contributed by atoms with van der Waals surface area (Å²) in [4.78, 5) is 7.73.